The summed E-state index contributed by atoms with van der Waals surface area (Å²) in [7, 11) is 0. The van der Waals surface area contributed by atoms with Crippen LogP contribution in [0.1, 0.15) is 27.0 Å². The number of aryl methyl sites for hydroxylation is 3. The normalized spacial score (nSPS) is 10.0. The van der Waals surface area contributed by atoms with Gasteiger partial charge in [0.2, 0.25) is 0 Å². The lowest BCUT2D eigenvalue weighted by atomic mass is 10.1. The van der Waals surface area contributed by atoms with Crippen LogP contribution in [0.5, 0.6) is 0 Å². The zero-order valence-electron chi connectivity index (χ0n) is 12.4. The average Bonchev–Trinajstić information content (AvgIpc) is 2.42. The van der Waals surface area contributed by atoms with E-state index < -0.39 is 0 Å². The first-order chi connectivity index (χ1) is 9.97. The van der Waals surface area contributed by atoms with Gasteiger partial charge in [-0.15, -0.1) is 0 Å². The molecular weight excluding hydrogens is 280 g/mol. The minimum Gasteiger partial charge on any atom is -0.332 e. The summed E-state index contributed by atoms with van der Waals surface area (Å²) < 4.78 is 0. The van der Waals surface area contributed by atoms with Gasteiger partial charge in [0.15, 0.2) is 5.11 Å². The minimum absolute atomic E-state index is 0.199. The zero-order chi connectivity index (χ0) is 15.4. The molecule has 0 radical (unpaired) electrons. The lowest BCUT2D eigenvalue weighted by molar-refractivity contribution is 0.0977. The van der Waals surface area contributed by atoms with Crippen LogP contribution in [-0.4, -0.2) is 11.0 Å². The summed E-state index contributed by atoms with van der Waals surface area (Å²) in [5.74, 6) is -0.199. The molecule has 0 unspecified atom stereocenters. The highest BCUT2D eigenvalue weighted by molar-refractivity contribution is 7.80. The highest BCUT2D eigenvalue weighted by Crippen LogP contribution is 2.16. The summed E-state index contributed by atoms with van der Waals surface area (Å²) in [5.41, 5.74) is 4.72. The van der Waals surface area contributed by atoms with E-state index in [0.29, 0.717) is 10.7 Å². The number of amides is 1. The topological polar surface area (TPSA) is 41.1 Å². The number of hydrogen-bond donors (Lipinski definition) is 2. The van der Waals surface area contributed by atoms with Gasteiger partial charge in [-0.25, -0.2) is 0 Å². The van der Waals surface area contributed by atoms with Gasteiger partial charge in [-0.05, 0) is 56.2 Å². The Morgan fingerprint density at radius 1 is 1.00 bits per heavy atom. The molecule has 0 atom stereocenters. The Balaban J connectivity index is 2.05. The van der Waals surface area contributed by atoms with Gasteiger partial charge in [0.1, 0.15) is 0 Å². The van der Waals surface area contributed by atoms with Gasteiger partial charge >= 0.3 is 0 Å². The van der Waals surface area contributed by atoms with Gasteiger partial charge in [0.25, 0.3) is 5.91 Å². The number of nitrogens with one attached hydrogen (secondary N) is 2. The molecule has 2 aromatic rings. The van der Waals surface area contributed by atoms with Crippen molar-refractivity contribution in [2.75, 3.05) is 5.32 Å². The lowest BCUT2D eigenvalue weighted by Gasteiger charge is -2.13. The molecule has 0 saturated heterocycles. The van der Waals surface area contributed by atoms with Crippen molar-refractivity contribution in [3.05, 3.63) is 64.7 Å². The Morgan fingerprint density at radius 3 is 2.38 bits per heavy atom. The van der Waals surface area contributed by atoms with E-state index in [4.69, 9.17) is 12.2 Å². The van der Waals surface area contributed by atoms with Crippen LogP contribution in [0.2, 0.25) is 0 Å². The summed E-state index contributed by atoms with van der Waals surface area (Å²) in [4.78, 5) is 12.2. The van der Waals surface area contributed by atoms with Crippen LogP contribution in [0.4, 0.5) is 5.69 Å². The summed E-state index contributed by atoms with van der Waals surface area (Å²) >= 11 is 5.20. The fourth-order valence-electron chi connectivity index (χ4n) is 2.11. The highest BCUT2D eigenvalue weighted by atomic mass is 32.1. The monoisotopic (exact) mass is 298 g/mol. The third-order valence-corrected chi connectivity index (χ3v) is 3.45. The van der Waals surface area contributed by atoms with E-state index in [0.717, 1.165) is 16.8 Å². The third kappa shape index (κ3) is 3.89. The molecule has 0 spiro atoms. The van der Waals surface area contributed by atoms with Gasteiger partial charge in [0.05, 0.1) is 0 Å². The van der Waals surface area contributed by atoms with E-state index in [9.17, 15) is 4.79 Å². The summed E-state index contributed by atoms with van der Waals surface area (Å²) in [6.07, 6.45) is 0. The summed E-state index contributed by atoms with van der Waals surface area (Å²) in [5, 5.41) is 6.07. The molecule has 2 aromatic carbocycles. The number of thiocarbonyl (C=S) groups is 1. The molecule has 0 fully saturated rings. The largest absolute Gasteiger partial charge is 0.332 e. The Morgan fingerprint density at radius 2 is 1.71 bits per heavy atom. The number of carbonyl (C=O) groups excluding carboxylic acids is 1. The van der Waals surface area contributed by atoms with Crippen LogP contribution in [0.3, 0.4) is 0 Å². The molecule has 3 nitrogen and oxygen atoms in total. The van der Waals surface area contributed by atoms with E-state index in [1.54, 1.807) is 6.07 Å². The molecule has 0 heterocycles. The van der Waals surface area contributed by atoms with E-state index in [1.165, 1.54) is 5.56 Å². The second-order valence-corrected chi connectivity index (χ2v) is 5.45. The van der Waals surface area contributed by atoms with E-state index in [-0.39, 0.29) is 5.91 Å². The first kappa shape index (κ1) is 15.2. The summed E-state index contributed by atoms with van der Waals surface area (Å²) in [6, 6.07) is 13.4. The molecule has 2 rings (SSSR count). The smallest absolute Gasteiger partial charge is 0.257 e. The van der Waals surface area contributed by atoms with Crippen LogP contribution < -0.4 is 10.6 Å². The van der Waals surface area contributed by atoms with Crippen molar-refractivity contribution in [2.24, 2.45) is 0 Å². The molecule has 21 heavy (non-hydrogen) atoms. The van der Waals surface area contributed by atoms with Gasteiger partial charge in [0, 0.05) is 11.3 Å². The van der Waals surface area contributed by atoms with Crippen LogP contribution in [0.25, 0.3) is 0 Å². The predicted octanol–water partition coefficient (Wildman–Crippen LogP) is 3.74. The van der Waals surface area contributed by atoms with E-state index in [1.807, 2.05) is 51.1 Å². The molecular formula is C17H18N2OS. The molecule has 0 saturated carbocycles. The maximum atomic E-state index is 12.2. The van der Waals surface area contributed by atoms with E-state index >= 15 is 0 Å². The highest BCUT2D eigenvalue weighted by Gasteiger charge is 2.10. The Hall–Kier alpha value is -2.20. The molecule has 0 aliphatic heterocycles. The van der Waals surface area contributed by atoms with Crippen molar-refractivity contribution in [3.8, 4) is 0 Å². The van der Waals surface area contributed by atoms with Gasteiger partial charge in [-0.2, -0.15) is 0 Å². The van der Waals surface area contributed by atoms with Crippen molar-refractivity contribution in [3.63, 3.8) is 0 Å². The number of hydrogen-bond acceptors (Lipinski definition) is 2. The number of anilines is 1. The number of benzene rings is 2. The van der Waals surface area contributed by atoms with Gasteiger partial charge in [-0.3, -0.25) is 10.1 Å². The van der Waals surface area contributed by atoms with Crippen LogP contribution in [0, 0.1) is 20.8 Å². The van der Waals surface area contributed by atoms with Crippen molar-refractivity contribution in [1.82, 2.24) is 5.32 Å². The first-order valence-corrected chi connectivity index (χ1v) is 7.13. The molecule has 4 heteroatoms. The first-order valence-electron chi connectivity index (χ1n) is 6.72. The zero-order valence-corrected chi connectivity index (χ0v) is 13.2. The van der Waals surface area contributed by atoms with E-state index in [2.05, 4.69) is 16.7 Å². The second kappa shape index (κ2) is 6.50. The quantitative estimate of drug-likeness (QED) is 0.830. The molecule has 0 bridgehead atoms. The maximum Gasteiger partial charge on any atom is 0.257 e. The molecule has 1 amide bonds. The SMILES string of the molecule is Cc1ccc(NC(=S)NC(=O)c2ccccc2C)c(C)c1. The molecule has 108 valence electrons. The average molecular weight is 298 g/mol. The van der Waals surface area contributed by atoms with Crippen molar-refractivity contribution in [2.45, 2.75) is 20.8 Å². The standard InChI is InChI=1S/C17H18N2OS/c1-11-8-9-15(13(3)10-11)18-17(21)19-16(20)14-7-5-4-6-12(14)2/h4-10H,1-3H3,(H2,18,19,20,21). The predicted molar refractivity (Wildman–Crippen MR) is 90.8 cm³/mol. The van der Waals surface area contributed by atoms with Gasteiger partial charge in [-0.1, -0.05) is 35.9 Å². The van der Waals surface area contributed by atoms with Crippen molar-refractivity contribution >= 4 is 28.9 Å². The van der Waals surface area contributed by atoms with Crippen molar-refractivity contribution in [1.29, 1.82) is 0 Å². The Kier molecular flexibility index (Phi) is 4.70. The fourth-order valence-corrected chi connectivity index (χ4v) is 2.31. The second-order valence-electron chi connectivity index (χ2n) is 5.04. The maximum absolute atomic E-state index is 12.2. The minimum atomic E-state index is -0.199. The third-order valence-electron chi connectivity index (χ3n) is 3.25. The van der Waals surface area contributed by atoms with Gasteiger partial charge < -0.3 is 5.32 Å². The summed E-state index contributed by atoms with van der Waals surface area (Å²) in [6.45, 7) is 5.94. The van der Waals surface area contributed by atoms with Crippen LogP contribution in [-0.2, 0) is 0 Å². The molecule has 0 aromatic heterocycles. The molecule has 0 aliphatic rings. The Labute approximate surface area is 130 Å². The fraction of sp³-hybridized carbons (Fsp3) is 0.176. The lowest BCUT2D eigenvalue weighted by Crippen LogP contribution is -2.34. The number of carbonyl (C=O) groups is 1. The van der Waals surface area contributed by atoms with Crippen LogP contribution >= 0.6 is 12.2 Å². The molecule has 2 N–H and O–H groups in total. The number of rotatable bonds is 2. The van der Waals surface area contributed by atoms with Crippen LogP contribution in [0.15, 0.2) is 42.5 Å². The molecule has 0 aliphatic carbocycles. The Bertz CT molecular complexity index is 695. The van der Waals surface area contributed by atoms with Crippen molar-refractivity contribution < 1.29 is 4.79 Å².